The molecule has 0 aliphatic heterocycles. The van der Waals surface area contributed by atoms with Crippen LogP contribution >= 0.6 is 34.8 Å². The highest BCUT2D eigenvalue weighted by atomic mass is 35.5. The van der Waals surface area contributed by atoms with Gasteiger partial charge in [0.2, 0.25) is 0 Å². The normalized spacial score (nSPS) is 10.6. The fourth-order valence-corrected chi connectivity index (χ4v) is 2.96. The molecule has 0 radical (unpaired) electrons. The minimum atomic E-state index is -0.286. The van der Waals surface area contributed by atoms with E-state index < -0.39 is 0 Å². The number of anilines is 1. The maximum atomic E-state index is 12.9. The fourth-order valence-electron chi connectivity index (χ4n) is 2.26. The number of benzene rings is 2. The van der Waals surface area contributed by atoms with Crippen molar-refractivity contribution < 1.29 is 4.79 Å². The third-order valence-corrected chi connectivity index (χ3v) is 4.35. The Morgan fingerprint density at radius 1 is 1.08 bits per heavy atom. The van der Waals surface area contributed by atoms with Gasteiger partial charge < -0.3 is 0 Å². The number of amides is 1. The molecule has 0 unspecified atom stereocenters. The van der Waals surface area contributed by atoms with Crippen LogP contribution in [0.4, 0.5) is 10.5 Å². The van der Waals surface area contributed by atoms with Gasteiger partial charge in [-0.25, -0.2) is 9.78 Å². The SMILES string of the molecule is O=C(N(Cc1ccc(Cl)cc1Cl)c1ccccc1Cl)n1ccnc1. The molecule has 0 bridgehead atoms. The average Bonchev–Trinajstić information content (AvgIpc) is 3.09. The Kier molecular flexibility index (Phi) is 5.09. The van der Waals surface area contributed by atoms with E-state index in [9.17, 15) is 4.79 Å². The summed E-state index contributed by atoms with van der Waals surface area (Å²) in [5.74, 6) is 0. The summed E-state index contributed by atoms with van der Waals surface area (Å²) in [6.45, 7) is 0.247. The number of nitrogens with zero attached hydrogens (tertiary/aromatic N) is 3. The van der Waals surface area contributed by atoms with Crippen molar-refractivity contribution in [3.05, 3.63) is 81.8 Å². The lowest BCUT2D eigenvalue weighted by atomic mass is 10.2. The molecule has 24 heavy (non-hydrogen) atoms. The van der Waals surface area contributed by atoms with E-state index in [4.69, 9.17) is 34.8 Å². The number of imidazole rings is 1. The molecule has 0 fully saturated rings. The molecule has 0 atom stereocenters. The number of rotatable bonds is 3. The number of para-hydroxylation sites is 1. The van der Waals surface area contributed by atoms with Crippen LogP contribution in [0.1, 0.15) is 5.56 Å². The smallest absolute Gasteiger partial charge is 0.288 e. The molecule has 0 N–H and O–H groups in total. The summed E-state index contributed by atoms with van der Waals surface area (Å²) < 4.78 is 1.38. The Morgan fingerprint density at radius 2 is 1.88 bits per heavy atom. The van der Waals surface area contributed by atoms with Crippen LogP contribution in [-0.2, 0) is 6.54 Å². The van der Waals surface area contributed by atoms with E-state index in [-0.39, 0.29) is 12.6 Å². The van der Waals surface area contributed by atoms with Gasteiger partial charge in [0.15, 0.2) is 0 Å². The quantitative estimate of drug-likeness (QED) is 0.600. The highest BCUT2D eigenvalue weighted by Crippen LogP contribution is 2.29. The molecular weight excluding hydrogens is 369 g/mol. The van der Waals surface area contributed by atoms with Crippen LogP contribution in [-0.4, -0.2) is 15.6 Å². The summed E-state index contributed by atoms with van der Waals surface area (Å²) in [6, 6.07) is 12.0. The zero-order chi connectivity index (χ0) is 17.1. The number of aromatic nitrogens is 2. The Balaban J connectivity index is 2.02. The predicted octanol–water partition coefficient (Wildman–Crippen LogP) is 5.52. The first-order valence-corrected chi connectivity index (χ1v) is 8.18. The second kappa shape index (κ2) is 7.26. The molecular formula is C17H12Cl3N3O. The van der Waals surface area contributed by atoms with Gasteiger partial charge in [-0.15, -0.1) is 0 Å². The van der Waals surface area contributed by atoms with Gasteiger partial charge in [-0.3, -0.25) is 9.47 Å². The second-order valence-electron chi connectivity index (χ2n) is 5.03. The maximum absolute atomic E-state index is 12.9. The van der Waals surface area contributed by atoms with Crippen LogP contribution < -0.4 is 4.90 Å². The molecule has 0 aliphatic rings. The van der Waals surface area contributed by atoms with E-state index in [1.807, 2.05) is 6.07 Å². The van der Waals surface area contributed by atoms with E-state index in [0.717, 1.165) is 5.56 Å². The van der Waals surface area contributed by atoms with Gasteiger partial charge >= 0.3 is 6.03 Å². The fraction of sp³-hybridized carbons (Fsp3) is 0.0588. The minimum Gasteiger partial charge on any atom is -0.288 e. The van der Waals surface area contributed by atoms with Crippen molar-refractivity contribution in [2.75, 3.05) is 4.90 Å². The molecule has 0 saturated heterocycles. The third-order valence-electron chi connectivity index (χ3n) is 3.44. The lowest BCUT2D eigenvalue weighted by molar-refractivity contribution is 0.247. The molecule has 3 aromatic rings. The highest BCUT2D eigenvalue weighted by molar-refractivity contribution is 6.35. The van der Waals surface area contributed by atoms with Crippen LogP contribution in [0.5, 0.6) is 0 Å². The molecule has 7 heteroatoms. The molecule has 0 saturated carbocycles. The molecule has 1 heterocycles. The Bertz CT molecular complexity index is 865. The van der Waals surface area contributed by atoms with Crippen molar-refractivity contribution in [2.45, 2.75) is 6.54 Å². The predicted molar refractivity (Wildman–Crippen MR) is 97.1 cm³/mol. The maximum Gasteiger partial charge on any atom is 0.334 e. The zero-order valence-electron chi connectivity index (χ0n) is 12.4. The zero-order valence-corrected chi connectivity index (χ0v) is 14.6. The van der Waals surface area contributed by atoms with E-state index in [1.165, 1.54) is 17.1 Å². The summed E-state index contributed by atoms with van der Waals surface area (Å²) in [7, 11) is 0. The van der Waals surface area contributed by atoms with Crippen LogP contribution in [0.3, 0.4) is 0 Å². The standard InChI is InChI=1S/C17H12Cl3N3O/c18-13-6-5-12(15(20)9-13)10-23(16-4-2-1-3-14(16)19)17(24)22-8-7-21-11-22/h1-9,11H,10H2. The summed E-state index contributed by atoms with van der Waals surface area (Å²) in [5.41, 5.74) is 1.35. The summed E-state index contributed by atoms with van der Waals surface area (Å²) in [4.78, 5) is 18.3. The van der Waals surface area contributed by atoms with E-state index in [2.05, 4.69) is 4.98 Å². The van der Waals surface area contributed by atoms with E-state index >= 15 is 0 Å². The van der Waals surface area contributed by atoms with Crippen LogP contribution in [0.2, 0.25) is 15.1 Å². The number of carbonyl (C=O) groups is 1. The molecule has 0 aliphatic carbocycles. The van der Waals surface area contributed by atoms with Crippen molar-refractivity contribution in [3.8, 4) is 0 Å². The topological polar surface area (TPSA) is 38.1 Å². The van der Waals surface area contributed by atoms with Crippen molar-refractivity contribution in [1.82, 2.24) is 9.55 Å². The molecule has 1 aromatic heterocycles. The highest BCUT2D eigenvalue weighted by Gasteiger charge is 2.21. The van der Waals surface area contributed by atoms with Gasteiger partial charge in [-0.1, -0.05) is 53.0 Å². The van der Waals surface area contributed by atoms with Crippen LogP contribution in [0, 0.1) is 0 Å². The Hall–Kier alpha value is -2.01. The third kappa shape index (κ3) is 3.56. The Labute approximate surface area is 154 Å². The van der Waals surface area contributed by atoms with E-state index in [0.29, 0.717) is 20.8 Å². The monoisotopic (exact) mass is 379 g/mol. The molecule has 0 spiro atoms. The lowest BCUT2D eigenvalue weighted by Crippen LogP contribution is -2.34. The average molecular weight is 381 g/mol. The summed E-state index contributed by atoms with van der Waals surface area (Å²) >= 11 is 18.5. The Morgan fingerprint density at radius 3 is 2.54 bits per heavy atom. The summed E-state index contributed by atoms with van der Waals surface area (Å²) in [5, 5.41) is 1.49. The second-order valence-corrected chi connectivity index (χ2v) is 6.28. The minimum absolute atomic E-state index is 0.247. The molecule has 4 nitrogen and oxygen atoms in total. The first kappa shape index (κ1) is 16.8. The molecule has 2 aromatic carbocycles. The van der Waals surface area contributed by atoms with Crippen LogP contribution in [0.25, 0.3) is 0 Å². The van der Waals surface area contributed by atoms with Gasteiger partial charge in [0.1, 0.15) is 6.33 Å². The molecule has 1 amide bonds. The van der Waals surface area contributed by atoms with Gasteiger partial charge in [0, 0.05) is 22.4 Å². The number of hydrogen-bond acceptors (Lipinski definition) is 2. The van der Waals surface area contributed by atoms with Crippen molar-refractivity contribution >= 4 is 46.5 Å². The number of carbonyl (C=O) groups excluding carboxylic acids is 1. The van der Waals surface area contributed by atoms with Crippen LogP contribution in [0.15, 0.2) is 61.2 Å². The number of halogens is 3. The van der Waals surface area contributed by atoms with Gasteiger partial charge in [-0.2, -0.15) is 0 Å². The van der Waals surface area contributed by atoms with Crippen molar-refractivity contribution in [1.29, 1.82) is 0 Å². The largest absolute Gasteiger partial charge is 0.334 e. The van der Waals surface area contributed by atoms with Gasteiger partial charge in [0.05, 0.1) is 17.3 Å². The number of hydrogen-bond donors (Lipinski definition) is 0. The lowest BCUT2D eigenvalue weighted by Gasteiger charge is -2.24. The first-order valence-electron chi connectivity index (χ1n) is 7.04. The van der Waals surface area contributed by atoms with Crippen molar-refractivity contribution in [3.63, 3.8) is 0 Å². The van der Waals surface area contributed by atoms with E-state index in [1.54, 1.807) is 47.5 Å². The summed E-state index contributed by atoms with van der Waals surface area (Å²) in [6.07, 6.45) is 4.56. The van der Waals surface area contributed by atoms with Gasteiger partial charge in [0.25, 0.3) is 0 Å². The first-order chi connectivity index (χ1) is 11.6. The molecule has 3 rings (SSSR count). The van der Waals surface area contributed by atoms with Gasteiger partial charge in [-0.05, 0) is 29.8 Å². The van der Waals surface area contributed by atoms with Crippen molar-refractivity contribution in [2.24, 2.45) is 0 Å². The molecule has 122 valence electrons.